The van der Waals surface area contributed by atoms with Crippen molar-refractivity contribution in [1.82, 2.24) is 13.9 Å². The number of anilines is 1. The molecule has 2 fully saturated rings. The van der Waals surface area contributed by atoms with Crippen LogP contribution in [0, 0.1) is 5.41 Å². The molecule has 2 aromatic carbocycles. The summed E-state index contributed by atoms with van der Waals surface area (Å²) in [5.74, 6) is -0.396. The molecule has 0 bridgehead atoms. The molecular formula is C26H32ClN5O4S. The number of ether oxygens (including phenoxy) is 1. The van der Waals surface area contributed by atoms with Crippen LogP contribution in [0.25, 0.3) is 0 Å². The number of carbonyl (C=O) groups excluding carboxylic acids is 1. The van der Waals surface area contributed by atoms with Crippen LogP contribution >= 0.6 is 11.6 Å². The molecule has 2 aromatic rings. The maximum Gasteiger partial charge on any atom is 0.293 e. The third kappa shape index (κ3) is 7.32. The summed E-state index contributed by atoms with van der Waals surface area (Å²) >= 11 is 6.07. The Morgan fingerprint density at radius 1 is 1.05 bits per heavy atom. The third-order valence-corrected chi connectivity index (χ3v) is 8.25. The summed E-state index contributed by atoms with van der Waals surface area (Å²) in [6.45, 7) is 1.28. The average Bonchev–Trinajstić information content (AvgIpc) is 3.42. The van der Waals surface area contributed by atoms with Gasteiger partial charge in [0.15, 0.2) is 0 Å². The number of rotatable bonds is 10. The zero-order chi connectivity index (χ0) is 26.3. The summed E-state index contributed by atoms with van der Waals surface area (Å²) in [7, 11) is -3.68. The number of halogens is 1. The van der Waals surface area contributed by atoms with Gasteiger partial charge in [0.1, 0.15) is 5.70 Å². The van der Waals surface area contributed by atoms with Crippen LogP contribution in [0.15, 0.2) is 66.1 Å². The van der Waals surface area contributed by atoms with Gasteiger partial charge < -0.3 is 20.4 Å². The molecular weight excluding hydrogens is 514 g/mol. The Labute approximate surface area is 223 Å². The smallest absolute Gasteiger partial charge is 0.293 e. The third-order valence-electron chi connectivity index (χ3n) is 6.47. The minimum Gasteiger partial charge on any atom is -0.483 e. The Morgan fingerprint density at radius 3 is 2.41 bits per heavy atom. The van der Waals surface area contributed by atoms with Crippen molar-refractivity contribution in [2.45, 2.75) is 38.3 Å². The highest BCUT2D eigenvalue weighted by molar-refractivity contribution is 7.87. The van der Waals surface area contributed by atoms with Gasteiger partial charge in [0.2, 0.25) is 5.76 Å². The normalized spacial score (nSPS) is 17.8. The monoisotopic (exact) mass is 545 g/mol. The maximum absolute atomic E-state index is 13.3. The molecule has 0 aromatic heterocycles. The summed E-state index contributed by atoms with van der Waals surface area (Å²) in [5, 5.41) is 11.4. The van der Waals surface area contributed by atoms with Crippen LogP contribution < -0.4 is 10.0 Å². The van der Waals surface area contributed by atoms with Gasteiger partial charge in [-0.15, -0.1) is 0 Å². The standard InChI is InChI=1S/C26H32ClN5O4S/c27-21-9-6-10-22(17-21)30-26(33)25(36-23-11-4-5-12-23)24(18-28)31-13-15-32(16-14-31)37(34,35)29-19-20-7-2-1-3-8-20/h1-3,6-10,17-18,23,28-29H,4-5,11-16,19H2,(H,30,33)/b25-24-,28-18?. The van der Waals surface area contributed by atoms with E-state index in [1.807, 2.05) is 35.2 Å². The van der Waals surface area contributed by atoms with Gasteiger partial charge in [0, 0.05) is 49.6 Å². The summed E-state index contributed by atoms with van der Waals surface area (Å²) in [6.07, 6.45) is 4.76. The first-order chi connectivity index (χ1) is 17.9. The number of hydrogen-bond donors (Lipinski definition) is 3. The van der Waals surface area contributed by atoms with Gasteiger partial charge in [-0.1, -0.05) is 48.0 Å². The summed E-state index contributed by atoms with van der Waals surface area (Å²) in [5.41, 5.74) is 1.73. The Balaban J connectivity index is 1.47. The van der Waals surface area contributed by atoms with E-state index in [9.17, 15) is 13.2 Å². The van der Waals surface area contributed by atoms with E-state index in [-0.39, 0.29) is 31.5 Å². The molecule has 2 aliphatic rings. The number of allylic oxidation sites excluding steroid dienone is 1. The topological polar surface area (TPSA) is 115 Å². The lowest BCUT2D eigenvalue weighted by molar-refractivity contribution is -0.117. The Morgan fingerprint density at radius 2 is 1.76 bits per heavy atom. The number of hydrogen-bond acceptors (Lipinski definition) is 6. The van der Waals surface area contributed by atoms with E-state index < -0.39 is 16.1 Å². The lowest BCUT2D eigenvalue weighted by Crippen LogP contribution is -2.52. The molecule has 1 aliphatic heterocycles. The van der Waals surface area contributed by atoms with Gasteiger partial charge in [-0.25, -0.2) is 0 Å². The quantitative estimate of drug-likeness (QED) is 0.239. The molecule has 1 aliphatic carbocycles. The number of nitrogens with one attached hydrogen (secondary N) is 3. The lowest BCUT2D eigenvalue weighted by Gasteiger charge is -2.36. The zero-order valence-corrected chi connectivity index (χ0v) is 22.1. The van der Waals surface area contributed by atoms with Crippen LogP contribution in [0.2, 0.25) is 5.02 Å². The largest absolute Gasteiger partial charge is 0.483 e. The number of benzene rings is 2. The van der Waals surface area contributed by atoms with Gasteiger partial charge in [-0.2, -0.15) is 17.4 Å². The highest BCUT2D eigenvalue weighted by atomic mass is 35.5. The number of piperazine rings is 1. The van der Waals surface area contributed by atoms with Crippen molar-refractivity contribution in [3.8, 4) is 0 Å². The van der Waals surface area contributed by atoms with Gasteiger partial charge in [0.25, 0.3) is 16.1 Å². The molecule has 1 heterocycles. The first-order valence-corrected chi connectivity index (χ1v) is 14.2. The number of carbonyl (C=O) groups is 1. The predicted molar refractivity (Wildman–Crippen MR) is 145 cm³/mol. The van der Waals surface area contributed by atoms with E-state index in [0.717, 1.165) is 37.5 Å². The van der Waals surface area contributed by atoms with E-state index in [1.54, 1.807) is 24.3 Å². The fraction of sp³-hybridized carbons (Fsp3) is 0.385. The number of nitrogens with zero attached hydrogens (tertiary/aromatic N) is 2. The summed E-state index contributed by atoms with van der Waals surface area (Å²) < 4.78 is 35.9. The second-order valence-electron chi connectivity index (χ2n) is 9.05. The first-order valence-electron chi connectivity index (χ1n) is 12.4. The van der Waals surface area contributed by atoms with Gasteiger partial charge in [-0.3, -0.25) is 4.79 Å². The fourth-order valence-electron chi connectivity index (χ4n) is 4.49. The lowest BCUT2D eigenvalue weighted by atomic mass is 10.2. The van der Waals surface area contributed by atoms with Gasteiger partial charge in [-0.05, 0) is 49.4 Å². The van der Waals surface area contributed by atoms with E-state index >= 15 is 0 Å². The van der Waals surface area contributed by atoms with Crippen LogP contribution in [0.1, 0.15) is 31.2 Å². The molecule has 37 heavy (non-hydrogen) atoms. The van der Waals surface area contributed by atoms with Crippen molar-refractivity contribution in [1.29, 1.82) is 5.41 Å². The Bertz CT molecular complexity index is 1220. The van der Waals surface area contributed by atoms with Crippen molar-refractivity contribution < 1.29 is 17.9 Å². The van der Waals surface area contributed by atoms with E-state index in [1.165, 1.54) is 4.31 Å². The maximum atomic E-state index is 13.3. The summed E-state index contributed by atoms with van der Waals surface area (Å²) in [6, 6.07) is 16.2. The average molecular weight is 546 g/mol. The molecule has 4 rings (SSSR count). The van der Waals surface area contributed by atoms with Crippen LogP contribution in [0.5, 0.6) is 0 Å². The minimum absolute atomic E-state index is 0.0698. The van der Waals surface area contributed by atoms with Crippen LogP contribution in [0.4, 0.5) is 5.69 Å². The van der Waals surface area contributed by atoms with Crippen molar-refractivity contribution in [3.05, 3.63) is 76.6 Å². The van der Waals surface area contributed by atoms with E-state index in [2.05, 4.69) is 10.0 Å². The fourth-order valence-corrected chi connectivity index (χ4v) is 5.85. The molecule has 0 radical (unpaired) electrons. The van der Waals surface area contributed by atoms with E-state index in [4.69, 9.17) is 21.7 Å². The van der Waals surface area contributed by atoms with Gasteiger partial charge in [0.05, 0.1) is 6.10 Å². The second kappa shape index (κ2) is 12.6. The van der Waals surface area contributed by atoms with Crippen LogP contribution in [0.3, 0.4) is 0 Å². The first kappa shape index (κ1) is 27.1. The predicted octanol–water partition coefficient (Wildman–Crippen LogP) is 3.75. The molecule has 1 saturated heterocycles. The molecule has 198 valence electrons. The molecule has 1 saturated carbocycles. The SMILES string of the molecule is N=C/C(=C(/OC1CCCC1)C(=O)Nc1cccc(Cl)c1)N1CCN(S(=O)(=O)NCc2ccccc2)CC1. The van der Waals surface area contributed by atoms with Crippen molar-refractivity contribution in [3.63, 3.8) is 0 Å². The van der Waals surface area contributed by atoms with Crippen LogP contribution in [-0.2, 0) is 26.3 Å². The highest BCUT2D eigenvalue weighted by Crippen LogP contribution is 2.26. The van der Waals surface area contributed by atoms with Crippen molar-refractivity contribution >= 4 is 39.6 Å². The zero-order valence-electron chi connectivity index (χ0n) is 20.5. The van der Waals surface area contributed by atoms with Crippen LogP contribution in [-0.4, -0.2) is 62.0 Å². The Hall–Kier alpha value is -2.92. The molecule has 9 nitrogen and oxygen atoms in total. The highest BCUT2D eigenvalue weighted by Gasteiger charge is 2.31. The minimum atomic E-state index is -3.68. The van der Waals surface area contributed by atoms with Gasteiger partial charge >= 0.3 is 0 Å². The van der Waals surface area contributed by atoms with E-state index in [0.29, 0.717) is 29.5 Å². The summed E-state index contributed by atoms with van der Waals surface area (Å²) in [4.78, 5) is 15.1. The molecule has 1 amide bonds. The molecule has 0 atom stereocenters. The molecule has 0 spiro atoms. The molecule has 0 unspecified atom stereocenters. The molecule has 3 N–H and O–H groups in total. The van der Waals surface area contributed by atoms with Crippen molar-refractivity contribution in [2.75, 3.05) is 31.5 Å². The second-order valence-corrected chi connectivity index (χ2v) is 11.2. The number of amides is 1. The molecule has 11 heteroatoms. The van der Waals surface area contributed by atoms with Crippen molar-refractivity contribution in [2.24, 2.45) is 0 Å². The Kier molecular flexibility index (Phi) is 9.20.